The zero-order chi connectivity index (χ0) is 20.0. The van der Waals surface area contributed by atoms with Gasteiger partial charge in [-0.2, -0.15) is 0 Å². The minimum absolute atomic E-state index is 0.0924. The molecule has 1 aliphatic heterocycles. The van der Waals surface area contributed by atoms with Crippen molar-refractivity contribution in [2.24, 2.45) is 5.41 Å². The van der Waals surface area contributed by atoms with E-state index >= 15 is 0 Å². The van der Waals surface area contributed by atoms with Crippen LogP contribution in [0.3, 0.4) is 0 Å². The first-order valence-corrected chi connectivity index (χ1v) is 9.56. The van der Waals surface area contributed by atoms with Gasteiger partial charge in [0, 0.05) is 49.8 Å². The average molecular weight is 381 g/mol. The second kappa shape index (κ2) is 8.93. The summed E-state index contributed by atoms with van der Waals surface area (Å²) in [5, 5.41) is 9.11. The number of amides is 2. The molecule has 3 rings (SSSR count). The first-order valence-electron chi connectivity index (χ1n) is 9.56. The van der Waals surface area contributed by atoms with Crippen LogP contribution in [0.25, 0.3) is 0 Å². The highest BCUT2D eigenvalue weighted by atomic mass is 16.2. The lowest BCUT2D eigenvalue weighted by atomic mass is 9.82. The number of pyridine rings is 2. The molecule has 0 bridgehead atoms. The highest BCUT2D eigenvalue weighted by Crippen LogP contribution is 2.30. The van der Waals surface area contributed by atoms with E-state index in [2.05, 4.69) is 25.9 Å². The number of aryl methyl sites for hydroxylation is 2. The van der Waals surface area contributed by atoms with Gasteiger partial charge in [-0.3, -0.25) is 19.6 Å². The second-order valence-electron chi connectivity index (χ2n) is 7.46. The summed E-state index contributed by atoms with van der Waals surface area (Å²) in [6, 6.07) is 7.72. The molecule has 28 heavy (non-hydrogen) atoms. The summed E-state index contributed by atoms with van der Waals surface area (Å²) >= 11 is 0. The molecule has 1 unspecified atom stereocenters. The molecular formula is C21H27N5O2. The SMILES string of the molecule is Cc1ccc(CNC(=O)CC2(C(=O)NCc3ccc(C)nc3)CCNC2)cn1. The monoisotopic (exact) mass is 381 g/mol. The molecule has 3 N–H and O–H groups in total. The van der Waals surface area contributed by atoms with E-state index in [4.69, 9.17) is 0 Å². The van der Waals surface area contributed by atoms with Gasteiger partial charge in [-0.15, -0.1) is 0 Å². The molecule has 1 aliphatic rings. The minimum Gasteiger partial charge on any atom is -0.352 e. The standard InChI is InChI=1S/C21H27N5O2/c1-15-3-5-17(10-23-15)12-25-19(27)9-21(7-8-22-14-21)20(28)26-13-18-6-4-16(2)24-11-18/h3-6,10-11,22H,7-9,12-14H2,1-2H3,(H,25,27)(H,26,28). The molecule has 7 nitrogen and oxygen atoms in total. The van der Waals surface area contributed by atoms with Gasteiger partial charge >= 0.3 is 0 Å². The van der Waals surface area contributed by atoms with Gasteiger partial charge in [0.05, 0.1) is 5.41 Å². The van der Waals surface area contributed by atoms with Crippen molar-refractivity contribution in [3.05, 3.63) is 59.2 Å². The van der Waals surface area contributed by atoms with Crippen molar-refractivity contribution < 1.29 is 9.59 Å². The third kappa shape index (κ3) is 5.13. The second-order valence-corrected chi connectivity index (χ2v) is 7.46. The molecule has 148 valence electrons. The van der Waals surface area contributed by atoms with Gasteiger partial charge < -0.3 is 16.0 Å². The summed E-state index contributed by atoms with van der Waals surface area (Å²) in [6.45, 7) is 5.90. The van der Waals surface area contributed by atoms with E-state index < -0.39 is 5.41 Å². The molecule has 0 spiro atoms. The lowest BCUT2D eigenvalue weighted by Crippen LogP contribution is -2.45. The summed E-state index contributed by atoms with van der Waals surface area (Å²) in [7, 11) is 0. The summed E-state index contributed by atoms with van der Waals surface area (Å²) < 4.78 is 0. The van der Waals surface area contributed by atoms with Crippen LogP contribution in [-0.4, -0.2) is 34.9 Å². The molecule has 2 aromatic rings. The smallest absolute Gasteiger partial charge is 0.228 e. The quantitative estimate of drug-likeness (QED) is 0.674. The molecule has 0 saturated carbocycles. The Kier molecular flexibility index (Phi) is 6.36. The van der Waals surface area contributed by atoms with Crippen LogP contribution in [0, 0.1) is 19.3 Å². The number of aromatic nitrogens is 2. The van der Waals surface area contributed by atoms with Crippen molar-refractivity contribution >= 4 is 11.8 Å². The number of carbonyl (C=O) groups excluding carboxylic acids is 2. The molecule has 1 saturated heterocycles. The Morgan fingerprint density at radius 3 is 2.11 bits per heavy atom. The van der Waals surface area contributed by atoms with Crippen molar-refractivity contribution in [1.29, 1.82) is 0 Å². The topological polar surface area (TPSA) is 96.0 Å². The minimum atomic E-state index is -0.715. The largest absolute Gasteiger partial charge is 0.352 e. The zero-order valence-corrected chi connectivity index (χ0v) is 16.4. The highest BCUT2D eigenvalue weighted by molar-refractivity contribution is 5.89. The van der Waals surface area contributed by atoms with E-state index in [9.17, 15) is 9.59 Å². The van der Waals surface area contributed by atoms with Gasteiger partial charge in [-0.05, 0) is 50.1 Å². The summed E-state index contributed by atoms with van der Waals surface area (Å²) in [5.41, 5.74) is 3.04. The molecule has 0 aliphatic carbocycles. The fourth-order valence-corrected chi connectivity index (χ4v) is 3.32. The first kappa shape index (κ1) is 19.9. The van der Waals surface area contributed by atoms with Gasteiger partial charge in [0.15, 0.2) is 0 Å². The molecule has 7 heteroatoms. The zero-order valence-electron chi connectivity index (χ0n) is 16.4. The van der Waals surface area contributed by atoms with Crippen LogP contribution >= 0.6 is 0 Å². The van der Waals surface area contributed by atoms with E-state index in [0.717, 1.165) is 29.1 Å². The lowest BCUT2D eigenvalue weighted by molar-refractivity contribution is -0.135. The molecule has 3 heterocycles. The van der Waals surface area contributed by atoms with Gasteiger partial charge in [0.25, 0.3) is 0 Å². The van der Waals surface area contributed by atoms with E-state index in [1.165, 1.54) is 0 Å². The third-order valence-electron chi connectivity index (χ3n) is 5.11. The van der Waals surface area contributed by atoms with E-state index in [0.29, 0.717) is 26.1 Å². The number of carbonyl (C=O) groups is 2. The number of nitrogens with one attached hydrogen (secondary N) is 3. The van der Waals surface area contributed by atoms with Gasteiger partial charge in [-0.1, -0.05) is 12.1 Å². The molecule has 1 fully saturated rings. The number of nitrogens with zero attached hydrogens (tertiary/aromatic N) is 2. The maximum Gasteiger partial charge on any atom is 0.228 e. The molecule has 2 amide bonds. The summed E-state index contributed by atoms with van der Waals surface area (Å²) in [5.74, 6) is -0.221. The van der Waals surface area contributed by atoms with Crippen molar-refractivity contribution in [1.82, 2.24) is 25.9 Å². The predicted molar refractivity (Wildman–Crippen MR) is 106 cm³/mol. The number of rotatable bonds is 7. The molecule has 1 atom stereocenters. The Bertz CT molecular complexity index is 812. The molecule has 2 aromatic heterocycles. The van der Waals surface area contributed by atoms with Gasteiger partial charge in [0.2, 0.25) is 11.8 Å². The van der Waals surface area contributed by atoms with Crippen LogP contribution in [0.1, 0.15) is 35.4 Å². The predicted octanol–water partition coefficient (Wildman–Crippen LogP) is 1.40. The van der Waals surface area contributed by atoms with E-state index in [1.807, 2.05) is 38.1 Å². The van der Waals surface area contributed by atoms with Crippen LogP contribution in [0.5, 0.6) is 0 Å². The summed E-state index contributed by atoms with van der Waals surface area (Å²) in [4.78, 5) is 33.9. The Morgan fingerprint density at radius 1 is 1.00 bits per heavy atom. The number of hydrogen-bond acceptors (Lipinski definition) is 5. The molecule has 0 radical (unpaired) electrons. The van der Waals surface area contributed by atoms with Crippen molar-refractivity contribution in [2.75, 3.05) is 13.1 Å². The third-order valence-corrected chi connectivity index (χ3v) is 5.11. The van der Waals surface area contributed by atoms with Crippen molar-refractivity contribution in [2.45, 2.75) is 39.8 Å². The van der Waals surface area contributed by atoms with Crippen molar-refractivity contribution in [3.8, 4) is 0 Å². The molecule has 0 aromatic carbocycles. The fourth-order valence-electron chi connectivity index (χ4n) is 3.32. The lowest BCUT2D eigenvalue weighted by Gasteiger charge is -2.26. The van der Waals surface area contributed by atoms with Crippen LogP contribution in [-0.2, 0) is 22.7 Å². The normalized spacial score (nSPS) is 18.6. The van der Waals surface area contributed by atoms with Crippen molar-refractivity contribution in [3.63, 3.8) is 0 Å². The fraction of sp³-hybridized carbons (Fsp3) is 0.429. The van der Waals surface area contributed by atoms with Gasteiger partial charge in [-0.25, -0.2) is 0 Å². The van der Waals surface area contributed by atoms with Crippen LogP contribution < -0.4 is 16.0 Å². The number of hydrogen-bond donors (Lipinski definition) is 3. The Morgan fingerprint density at radius 2 is 1.61 bits per heavy atom. The Hall–Kier alpha value is -2.80. The van der Waals surface area contributed by atoms with Gasteiger partial charge in [0.1, 0.15) is 0 Å². The molecular weight excluding hydrogens is 354 g/mol. The average Bonchev–Trinajstić information content (AvgIpc) is 3.16. The Labute approximate surface area is 165 Å². The maximum absolute atomic E-state index is 12.9. The Balaban J connectivity index is 1.56. The summed E-state index contributed by atoms with van der Waals surface area (Å²) in [6.07, 6.45) is 4.32. The first-order chi connectivity index (χ1) is 13.5. The van der Waals surface area contributed by atoms with Crippen LogP contribution in [0.4, 0.5) is 0 Å². The van der Waals surface area contributed by atoms with Crippen LogP contribution in [0.15, 0.2) is 36.7 Å². The maximum atomic E-state index is 12.9. The van der Waals surface area contributed by atoms with E-state index in [-0.39, 0.29) is 18.2 Å². The van der Waals surface area contributed by atoms with Crippen LogP contribution in [0.2, 0.25) is 0 Å². The van der Waals surface area contributed by atoms with E-state index in [1.54, 1.807) is 12.4 Å². The highest BCUT2D eigenvalue weighted by Gasteiger charge is 2.42.